The molecular weight excluding hydrogens is 362 g/mol. The molecule has 4 nitrogen and oxygen atoms in total. The summed E-state index contributed by atoms with van der Waals surface area (Å²) in [6.07, 6.45) is 1.02. The van der Waals surface area contributed by atoms with Crippen molar-refractivity contribution in [1.29, 1.82) is 0 Å². The molecule has 3 aromatic rings. The molecule has 0 bridgehead atoms. The van der Waals surface area contributed by atoms with E-state index in [0.717, 1.165) is 22.3 Å². The van der Waals surface area contributed by atoms with Gasteiger partial charge in [0.2, 0.25) is 5.91 Å². The second kappa shape index (κ2) is 9.78. The van der Waals surface area contributed by atoms with Gasteiger partial charge >= 0.3 is 0 Å². The summed E-state index contributed by atoms with van der Waals surface area (Å²) in [5, 5.41) is 3.22. The van der Waals surface area contributed by atoms with Crippen molar-refractivity contribution in [2.24, 2.45) is 0 Å². The Morgan fingerprint density at radius 3 is 2.28 bits per heavy atom. The van der Waals surface area contributed by atoms with E-state index >= 15 is 0 Å². The van der Waals surface area contributed by atoms with Gasteiger partial charge in [0.1, 0.15) is 0 Å². The number of hydrogen-bond donors (Lipinski definition) is 1. The number of ether oxygens (including phenoxy) is 2. The number of hydrogen-bond acceptors (Lipinski definition) is 3. The molecule has 0 aliphatic heterocycles. The monoisotopic (exact) mass is 389 g/mol. The zero-order valence-corrected chi connectivity index (χ0v) is 17.1. The molecule has 150 valence electrons. The minimum atomic E-state index is -0.171. The minimum Gasteiger partial charge on any atom is -0.493 e. The molecule has 29 heavy (non-hydrogen) atoms. The fourth-order valence-corrected chi connectivity index (χ4v) is 3.42. The number of rotatable bonds is 8. The van der Waals surface area contributed by atoms with Crippen LogP contribution in [0.2, 0.25) is 0 Å². The first-order valence-corrected chi connectivity index (χ1v) is 9.73. The van der Waals surface area contributed by atoms with Crippen LogP contribution in [-0.4, -0.2) is 20.1 Å². The average Bonchev–Trinajstić information content (AvgIpc) is 2.77. The van der Waals surface area contributed by atoms with Crippen LogP contribution in [0, 0.1) is 6.92 Å². The third-order valence-electron chi connectivity index (χ3n) is 5.03. The van der Waals surface area contributed by atoms with Crippen molar-refractivity contribution < 1.29 is 14.3 Å². The van der Waals surface area contributed by atoms with Crippen molar-refractivity contribution >= 4 is 5.91 Å². The highest BCUT2D eigenvalue weighted by Crippen LogP contribution is 2.28. The molecule has 3 aromatic carbocycles. The average molecular weight is 389 g/mol. The normalized spacial score (nSPS) is 11.6. The van der Waals surface area contributed by atoms with Crippen LogP contribution in [0.4, 0.5) is 0 Å². The molecule has 0 saturated carbocycles. The van der Waals surface area contributed by atoms with E-state index in [1.807, 2.05) is 60.7 Å². The third-order valence-corrected chi connectivity index (χ3v) is 5.03. The molecule has 0 saturated heterocycles. The van der Waals surface area contributed by atoms with Crippen LogP contribution in [0.1, 0.15) is 34.7 Å². The van der Waals surface area contributed by atoms with Crippen LogP contribution >= 0.6 is 0 Å². The van der Waals surface area contributed by atoms with Gasteiger partial charge in [-0.05, 0) is 47.7 Å². The molecule has 1 N–H and O–H groups in total. The number of amides is 1. The van der Waals surface area contributed by atoms with Crippen LogP contribution < -0.4 is 14.8 Å². The fraction of sp³-hybridized carbons (Fsp3) is 0.240. The summed E-state index contributed by atoms with van der Waals surface area (Å²) in [7, 11) is 3.22. The van der Waals surface area contributed by atoms with Crippen LogP contribution in [0.25, 0.3) is 0 Å². The molecule has 1 unspecified atom stereocenters. The summed E-state index contributed by atoms with van der Waals surface area (Å²) >= 11 is 0. The fourth-order valence-electron chi connectivity index (χ4n) is 3.42. The predicted octanol–water partition coefficient (Wildman–Crippen LogP) is 4.85. The van der Waals surface area contributed by atoms with Gasteiger partial charge in [-0.25, -0.2) is 0 Å². The van der Waals surface area contributed by atoms with Crippen molar-refractivity contribution in [2.75, 3.05) is 14.2 Å². The topological polar surface area (TPSA) is 47.6 Å². The molecular formula is C25H27NO3. The molecule has 0 aliphatic rings. The summed E-state index contributed by atoms with van der Waals surface area (Å²) in [6, 6.07) is 23.8. The SMILES string of the molecule is COc1ccc(CCC(=O)NC(c2ccccc2)c2ccccc2C)cc1OC. The zero-order chi connectivity index (χ0) is 20.6. The van der Waals surface area contributed by atoms with E-state index in [9.17, 15) is 4.79 Å². The smallest absolute Gasteiger partial charge is 0.221 e. The van der Waals surface area contributed by atoms with E-state index < -0.39 is 0 Å². The second-order valence-corrected chi connectivity index (χ2v) is 6.96. The lowest BCUT2D eigenvalue weighted by atomic mass is 9.94. The number of aryl methyl sites for hydroxylation is 2. The molecule has 4 heteroatoms. The minimum absolute atomic E-state index is 0.0110. The lowest BCUT2D eigenvalue weighted by Crippen LogP contribution is -2.30. The Morgan fingerprint density at radius 1 is 0.897 bits per heavy atom. The first kappa shape index (κ1) is 20.5. The number of carbonyl (C=O) groups is 1. The maximum absolute atomic E-state index is 12.8. The summed E-state index contributed by atoms with van der Waals surface area (Å²) in [5.74, 6) is 1.37. The van der Waals surface area contributed by atoms with E-state index in [1.165, 1.54) is 0 Å². The van der Waals surface area contributed by atoms with Gasteiger partial charge in [-0.1, -0.05) is 60.7 Å². The Kier molecular flexibility index (Phi) is 6.90. The molecule has 1 atom stereocenters. The van der Waals surface area contributed by atoms with Gasteiger partial charge in [0.05, 0.1) is 20.3 Å². The first-order valence-electron chi connectivity index (χ1n) is 9.73. The first-order chi connectivity index (χ1) is 14.1. The summed E-state index contributed by atoms with van der Waals surface area (Å²) in [5.41, 5.74) is 4.37. The van der Waals surface area contributed by atoms with Crippen molar-refractivity contribution in [2.45, 2.75) is 25.8 Å². The molecule has 0 spiro atoms. The van der Waals surface area contributed by atoms with Crippen LogP contribution in [0.3, 0.4) is 0 Å². The summed E-state index contributed by atoms with van der Waals surface area (Å²) in [6.45, 7) is 2.07. The van der Waals surface area contributed by atoms with Crippen LogP contribution in [0.15, 0.2) is 72.8 Å². The summed E-state index contributed by atoms with van der Waals surface area (Å²) in [4.78, 5) is 12.8. The van der Waals surface area contributed by atoms with E-state index in [-0.39, 0.29) is 11.9 Å². The number of benzene rings is 3. The van der Waals surface area contributed by atoms with Gasteiger partial charge < -0.3 is 14.8 Å². The van der Waals surface area contributed by atoms with Crippen molar-refractivity contribution in [3.8, 4) is 11.5 Å². The van der Waals surface area contributed by atoms with E-state index in [4.69, 9.17) is 9.47 Å². The molecule has 0 fully saturated rings. The highest BCUT2D eigenvalue weighted by atomic mass is 16.5. The third kappa shape index (κ3) is 5.17. The van der Waals surface area contributed by atoms with Crippen molar-refractivity contribution in [3.63, 3.8) is 0 Å². The molecule has 0 heterocycles. The van der Waals surface area contributed by atoms with Crippen molar-refractivity contribution in [1.82, 2.24) is 5.32 Å². The quantitative estimate of drug-likeness (QED) is 0.599. The Labute approximate surface area is 172 Å². The Balaban J connectivity index is 1.73. The Bertz CT molecular complexity index is 953. The van der Waals surface area contributed by atoms with E-state index in [2.05, 4.69) is 24.4 Å². The van der Waals surface area contributed by atoms with Gasteiger partial charge in [-0.3, -0.25) is 4.79 Å². The Morgan fingerprint density at radius 2 is 1.59 bits per heavy atom. The lowest BCUT2D eigenvalue weighted by Gasteiger charge is -2.22. The lowest BCUT2D eigenvalue weighted by molar-refractivity contribution is -0.121. The van der Waals surface area contributed by atoms with E-state index in [0.29, 0.717) is 24.3 Å². The standard InChI is InChI=1S/C25H27NO3/c1-18-9-7-8-12-21(18)25(20-10-5-4-6-11-20)26-24(27)16-14-19-13-15-22(28-2)23(17-19)29-3/h4-13,15,17,25H,14,16H2,1-3H3,(H,26,27). The molecule has 1 amide bonds. The van der Waals surface area contributed by atoms with Crippen molar-refractivity contribution in [3.05, 3.63) is 95.1 Å². The van der Waals surface area contributed by atoms with E-state index in [1.54, 1.807) is 14.2 Å². The maximum Gasteiger partial charge on any atom is 0.221 e. The summed E-state index contributed by atoms with van der Waals surface area (Å²) < 4.78 is 10.6. The molecule has 0 aromatic heterocycles. The van der Waals surface area contributed by atoms with Crippen LogP contribution in [0.5, 0.6) is 11.5 Å². The predicted molar refractivity (Wildman–Crippen MR) is 115 cm³/mol. The number of nitrogens with one attached hydrogen (secondary N) is 1. The molecule has 3 rings (SSSR count). The van der Waals surface area contributed by atoms with Crippen LogP contribution in [-0.2, 0) is 11.2 Å². The van der Waals surface area contributed by atoms with Gasteiger partial charge in [-0.2, -0.15) is 0 Å². The number of methoxy groups -OCH3 is 2. The van der Waals surface area contributed by atoms with Gasteiger partial charge in [0, 0.05) is 6.42 Å². The second-order valence-electron chi connectivity index (χ2n) is 6.96. The maximum atomic E-state index is 12.8. The number of carbonyl (C=O) groups excluding carboxylic acids is 1. The highest BCUT2D eigenvalue weighted by molar-refractivity contribution is 5.77. The van der Waals surface area contributed by atoms with Gasteiger partial charge in [0.15, 0.2) is 11.5 Å². The van der Waals surface area contributed by atoms with Gasteiger partial charge in [0.25, 0.3) is 0 Å². The zero-order valence-electron chi connectivity index (χ0n) is 17.1. The Hall–Kier alpha value is -3.27. The highest BCUT2D eigenvalue weighted by Gasteiger charge is 2.18. The largest absolute Gasteiger partial charge is 0.493 e. The van der Waals surface area contributed by atoms with Gasteiger partial charge in [-0.15, -0.1) is 0 Å². The molecule has 0 aliphatic carbocycles. The molecule has 0 radical (unpaired) electrons.